The van der Waals surface area contributed by atoms with Gasteiger partial charge in [0.25, 0.3) is 0 Å². The lowest BCUT2D eigenvalue weighted by molar-refractivity contribution is -0.130. The molecule has 126 valence electrons. The summed E-state index contributed by atoms with van der Waals surface area (Å²) in [5.74, 6) is 0.150. The van der Waals surface area contributed by atoms with Gasteiger partial charge in [-0.25, -0.2) is 9.78 Å². The van der Waals surface area contributed by atoms with Gasteiger partial charge < -0.3 is 19.1 Å². The zero-order chi connectivity index (χ0) is 17.0. The monoisotopic (exact) mass is 386 g/mol. The maximum Gasteiger partial charge on any atom is 0.343 e. The Hall–Kier alpha value is -1.83. The van der Waals surface area contributed by atoms with E-state index in [1.54, 1.807) is 17.9 Å². The Labute approximate surface area is 143 Å². The number of hydrogen-bond donors (Lipinski definition) is 0. The molecule has 0 aromatic carbocycles. The van der Waals surface area contributed by atoms with E-state index in [4.69, 9.17) is 14.2 Å². The summed E-state index contributed by atoms with van der Waals surface area (Å²) in [6.45, 7) is 2.88. The summed E-state index contributed by atoms with van der Waals surface area (Å²) >= 11 is 3.32. The lowest BCUT2D eigenvalue weighted by atomic mass is 10.1. The van der Waals surface area contributed by atoms with Crippen molar-refractivity contribution >= 4 is 27.8 Å². The number of rotatable bonds is 4. The fraction of sp³-hybridized carbons (Fsp3) is 0.533. The van der Waals surface area contributed by atoms with Gasteiger partial charge in [0.05, 0.1) is 14.2 Å². The molecule has 1 aliphatic heterocycles. The van der Waals surface area contributed by atoms with Crippen LogP contribution in [0.4, 0.5) is 0 Å². The van der Waals surface area contributed by atoms with Gasteiger partial charge in [0.1, 0.15) is 11.7 Å². The van der Waals surface area contributed by atoms with Crippen molar-refractivity contribution in [3.63, 3.8) is 0 Å². The Morgan fingerprint density at radius 3 is 2.48 bits per heavy atom. The summed E-state index contributed by atoms with van der Waals surface area (Å²) in [4.78, 5) is 29.1. The Kier molecular flexibility index (Phi) is 5.81. The smallest absolute Gasteiger partial charge is 0.343 e. The average molecular weight is 387 g/mol. The molecule has 2 rings (SSSR count). The van der Waals surface area contributed by atoms with Gasteiger partial charge in [-0.15, -0.1) is 0 Å². The van der Waals surface area contributed by atoms with Crippen molar-refractivity contribution in [3.05, 3.63) is 16.2 Å². The van der Waals surface area contributed by atoms with Crippen LogP contribution in [0.2, 0.25) is 0 Å². The highest BCUT2D eigenvalue weighted by Gasteiger charge is 2.24. The number of likely N-dealkylation sites (tertiary alicyclic amines) is 1. The summed E-state index contributed by atoms with van der Waals surface area (Å²) in [6.07, 6.45) is 1.42. The van der Waals surface area contributed by atoms with E-state index in [0.29, 0.717) is 23.4 Å². The first-order valence-corrected chi connectivity index (χ1v) is 8.00. The van der Waals surface area contributed by atoms with Crippen LogP contribution in [0, 0.1) is 0 Å². The van der Waals surface area contributed by atoms with E-state index in [1.165, 1.54) is 14.2 Å². The molecule has 0 atom stereocenters. The highest BCUT2D eigenvalue weighted by molar-refractivity contribution is 9.10. The molecule has 23 heavy (non-hydrogen) atoms. The SMILES string of the molecule is COC(=O)c1cc(OC2CCN(C(C)=O)CC2)c(Br)nc1OC. The Balaban J connectivity index is 2.14. The number of pyridine rings is 1. The third-order valence-electron chi connectivity index (χ3n) is 3.69. The van der Waals surface area contributed by atoms with Crippen LogP contribution in [0.5, 0.6) is 11.6 Å². The lowest BCUT2D eigenvalue weighted by Crippen LogP contribution is -2.40. The molecular formula is C15H19BrN2O5. The van der Waals surface area contributed by atoms with Crippen molar-refractivity contribution in [2.45, 2.75) is 25.9 Å². The first-order valence-electron chi connectivity index (χ1n) is 7.21. The molecule has 1 aliphatic rings. The average Bonchev–Trinajstić information content (AvgIpc) is 2.56. The van der Waals surface area contributed by atoms with Crippen LogP contribution in [0.3, 0.4) is 0 Å². The first kappa shape index (κ1) is 17.5. The quantitative estimate of drug-likeness (QED) is 0.581. The first-order chi connectivity index (χ1) is 11.0. The van der Waals surface area contributed by atoms with E-state index < -0.39 is 5.97 Å². The number of piperidine rings is 1. The second-order valence-electron chi connectivity index (χ2n) is 5.15. The minimum atomic E-state index is -0.543. The van der Waals surface area contributed by atoms with Crippen LogP contribution >= 0.6 is 15.9 Å². The lowest BCUT2D eigenvalue weighted by Gasteiger charge is -2.31. The van der Waals surface area contributed by atoms with Gasteiger partial charge in [-0.1, -0.05) is 0 Å². The van der Waals surface area contributed by atoms with Crippen molar-refractivity contribution in [3.8, 4) is 11.6 Å². The molecule has 0 radical (unpaired) electrons. The predicted molar refractivity (Wildman–Crippen MR) is 85.7 cm³/mol. The van der Waals surface area contributed by atoms with E-state index in [1.807, 2.05) is 0 Å². The number of esters is 1. The topological polar surface area (TPSA) is 78.0 Å². The third kappa shape index (κ3) is 4.13. The fourth-order valence-corrected chi connectivity index (χ4v) is 2.79. The summed E-state index contributed by atoms with van der Waals surface area (Å²) in [7, 11) is 2.72. The predicted octanol–water partition coefficient (Wildman–Crippen LogP) is 2.03. The minimum absolute atomic E-state index is 0.0393. The summed E-state index contributed by atoms with van der Waals surface area (Å²) in [5, 5.41) is 0. The summed E-state index contributed by atoms with van der Waals surface area (Å²) < 4.78 is 16.2. The number of aromatic nitrogens is 1. The molecule has 1 amide bonds. The minimum Gasteiger partial charge on any atom is -0.487 e. The number of carbonyl (C=O) groups excluding carboxylic acids is 2. The molecule has 0 aliphatic carbocycles. The van der Waals surface area contributed by atoms with E-state index >= 15 is 0 Å². The number of hydrogen-bond acceptors (Lipinski definition) is 6. The van der Waals surface area contributed by atoms with Crippen LogP contribution in [0.25, 0.3) is 0 Å². The Morgan fingerprint density at radius 2 is 1.96 bits per heavy atom. The Bertz CT molecular complexity index is 600. The van der Waals surface area contributed by atoms with E-state index in [9.17, 15) is 9.59 Å². The van der Waals surface area contributed by atoms with Crippen molar-refractivity contribution in [1.82, 2.24) is 9.88 Å². The maximum atomic E-state index is 11.8. The van der Waals surface area contributed by atoms with Gasteiger partial charge in [-0.2, -0.15) is 0 Å². The molecule has 0 N–H and O–H groups in total. The summed E-state index contributed by atoms with van der Waals surface area (Å²) in [5.41, 5.74) is 0.203. The molecule has 0 bridgehead atoms. The Morgan fingerprint density at radius 1 is 1.30 bits per heavy atom. The van der Waals surface area contributed by atoms with E-state index in [2.05, 4.69) is 20.9 Å². The highest BCUT2D eigenvalue weighted by atomic mass is 79.9. The van der Waals surface area contributed by atoms with Gasteiger partial charge in [-0.3, -0.25) is 4.79 Å². The van der Waals surface area contributed by atoms with Crippen molar-refractivity contribution in [2.24, 2.45) is 0 Å². The molecule has 1 aromatic rings. The second kappa shape index (κ2) is 7.63. The van der Waals surface area contributed by atoms with Gasteiger partial charge in [0.2, 0.25) is 11.8 Å². The molecule has 8 heteroatoms. The molecule has 0 spiro atoms. The normalized spacial score (nSPS) is 15.2. The number of ether oxygens (including phenoxy) is 3. The molecule has 2 heterocycles. The highest BCUT2D eigenvalue weighted by Crippen LogP contribution is 2.31. The van der Waals surface area contributed by atoms with Crippen molar-refractivity contribution < 1.29 is 23.8 Å². The number of halogens is 1. The molecule has 1 saturated heterocycles. The fourth-order valence-electron chi connectivity index (χ4n) is 2.42. The molecule has 0 unspecified atom stereocenters. The molecule has 1 aromatic heterocycles. The van der Waals surface area contributed by atoms with Gasteiger partial charge in [-0.05, 0) is 15.9 Å². The summed E-state index contributed by atoms with van der Waals surface area (Å²) in [6, 6.07) is 1.55. The van der Waals surface area contributed by atoms with Crippen molar-refractivity contribution in [1.29, 1.82) is 0 Å². The molecule has 0 saturated carbocycles. The van der Waals surface area contributed by atoms with Crippen LogP contribution in [0.1, 0.15) is 30.1 Å². The van der Waals surface area contributed by atoms with Crippen LogP contribution in [0.15, 0.2) is 10.7 Å². The standard InChI is InChI=1S/C15H19BrN2O5/c1-9(19)18-6-4-10(5-7-18)23-12-8-11(15(20)22-3)14(21-2)17-13(12)16/h8,10H,4-7H2,1-3H3. The van der Waals surface area contributed by atoms with Gasteiger partial charge in [0, 0.05) is 38.9 Å². The third-order valence-corrected chi connectivity index (χ3v) is 4.26. The number of amides is 1. The number of carbonyl (C=O) groups is 2. The van der Waals surface area contributed by atoms with E-state index in [-0.39, 0.29) is 23.5 Å². The van der Waals surface area contributed by atoms with Crippen LogP contribution in [-0.4, -0.2) is 55.2 Å². The maximum absolute atomic E-state index is 11.8. The van der Waals surface area contributed by atoms with Gasteiger partial charge in [0.15, 0.2) is 10.4 Å². The van der Waals surface area contributed by atoms with Crippen LogP contribution in [-0.2, 0) is 9.53 Å². The molecule has 1 fully saturated rings. The zero-order valence-corrected chi connectivity index (χ0v) is 14.9. The molecule has 7 nitrogen and oxygen atoms in total. The zero-order valence-electron chi connectivity index (χ0n) is 13.3. The van der Waals surface area contributed by atoms with E-state index in [0.717, 1.165) is 12.8 Å². The second-order valence-corrected chi connectivity index (χ2v) is 5.90. The number of methoxy groups -OCH3 is 2. The molecular weight excluding hydrogens is 368 g/mol. The van der Waals surface area contributed by atoms with Crippen LogP contribution < -0.4 is 9.47 Å². The van der Waals surface area contributed by atoms with Gasteiger partial charge >= 0.3 is 5.97 Å². The number of nitrogens with zero attached hydrogens (tertiary/aromatic N) is 2. The van der Waals surface area contributed by atoms with Crippen molar-refractivity contribution in [2.75, 3.05) is 27.3 Å². The largest absolute Gasteiger partial charge is 0.487 e.